The molecule has 0 atom stereocenters. The predicted octanol–water partition coefficient (Wildman–Crippen LogP) is 4.26. The van der Waals surface area contributed by atoms with E-state index < -0.39 is 0 Å². The second-order valence-corrected chi connectivity index (χ2v) is 5.42. The molecule has 0 heterocycles. The zero-order valence-electron chi connectivity index (χ0n) is 12.2. The molecule has 0 bridgehead atoms. The molecule has 0 unspecified atom stereocenters. The average molecular weight is 268 g/mol. The minimum atomic E-state index is 0.0420. The molecule has 0 aromatic heterocycles. The zero-order valence-corrected chi connectivity index (χ0v) is 12.2. The maximum atomic E-state index is 12.3. The summed E-state index contributed by atoms with van der Waals surface area (Å²) in [5.74, 6) is 1.34. The van der Waals surface area contributed by atoms with Gasteiger partial charge in [-0.3, -0.25) is 4.79 Å². The molecule has 2 rings (SSSR count). The summed E-state index contributed by atoms with van der Waals surface area (Å²) in [6.07, 6.45) is 0. The summed E-state index contributed by atoms with van der Waals surface area (Å²) >= 11 is 0. The summed E-state index contributed by atoms with van der Waals surface area (Å²) < 4.78 is 5.61. The third-order valence-corrected chi connectivity index (χ3v) is 3.01. The second kappa shape index (κ2) is 6.38. The molecular formula is C18H20O2. The van der Waals surface area contributed by atoms with Gasteiger partial charge >= 0.3 is 0 Å². The molecule has 0 saturated carbocycles. The molecule has 0 saturated heterocycles. The highest BCUT2D eigenvalue weighted by Gasteiger charge is 2.08. The van der Waals surface area contributed by atoms with Gasteiger partial charge in [0.2, 0.25) is 0 Å². The van der Waals surface area contributed by atoms with Crippen molar-refractivity contribution in [2.75, 3.05) is 6.61 Å². The molecule has 2 nitrogen and oxygen atoms in total. The van der Waals surface area contributed by atoms with Crippen LogP contribution in [0.25, 0.3) is 0 Å². The third-order valence-electron chi connectivity index (χ3n) is 3.01. The zero-order chi connectivity index (χ0) is 14.5. The van der Waals surface area contributed by atoms with E-state index in [-0.39, 0.29) is 5.78 Å². The lowest BCUT2D eigenvalue weighted by Crippen LogP contribution is -2.05. The van der Waals surface area contributed by atoms with Gasteiger partial charge in [0.1, 0.15) is 5.75 Å². The quantitative estimate of drug-likeness (QED) is 0.757. The van der Waals surface area contributed by atoms with E-state index in [1.807, 2.05) is 55.5 Å². The number of ketones is 1. The van der Waals surface area contributed by atoms with E-state index in [1.54, 1.807) is 0 Å². The molecule has 2 heteroatoms. The van der Waals surface area contributed by atoms with E-state index in [1.165, 1.54) is 0 Å². The molecule has 0 radical (unpaired) electrons. The molecule has 2 aromatic carbocycles. The Balaban J connectivity index is 2.09. The van der Waals surface area contributed by atoms with Crippen molar-refractivity contribution < 1.29 is 9.53 Å². The van der Waals surface area contributed by atoms with Crippen LogP contribution in [0.4, 0.5) is 0 Å². The molecule has 0 aliphatic heterocycles. The highest BCUT2D eigenvalue weighted by Crippen LogP contribution is 2.16. The van der Waals surface area contributed by atoms with Crippen molar-refractivity contribution in [3.63, 3.8) is 0 Å². The molecule has 2 aromatic rings. The largest absolute Gasteiger partial charge is 0.493 e. The predicted molar refractivity (Wildman–Crippen MR) is 81.4 cm³/mol. The standard InChI is InChI=1S/C18H20O2/c1-13(2)12-20-17-10-8-16(9-11-17)18(19)15-6-4-14(3)5-7-15/h4-11,13H,12H2,1-3H3. The summed E-state index contributed by atoms with van der Waals surface area (Å²) in [6.45, 7) is 6.91. The SMILES string of the molecule is Cc1ccc(C(=O)c2ccc(OCC(C)C)cc2)cc1. The fourth-order valence-electron chi connectivity index (χ4n) is 1.84. The molecule has 0 aliphatic carbocycles. The summed E-state index contributed by atoms with van der Waals surface area (Å²) in [4.78, 5) is 12.3. The van der Waals surface area contributed by atoms with Crippen molar-refractivity contribution in [3.05, 3.63) is 65.2 Å². The number of hydrogen-bond donors (Lipinski definition) is 0. The lowest BCUT2D eigenvalue weighted by molar-refractivity contribution is 0.103. The number of hydrogen-bond acceptors (Lipinski definition) is 2. The molecule has 0 amide bonds. The second-order valence-electron chi connectivity index (χ2n) is 5.42. The van der Waals surface area contributed by atoms with Crippen LogP contribution in [0.5, 0.6) is 5.75 Å². The van der Waals surface area contributed by atoms with Gasteiger partial charge in [-0.05, 0) is 37.1 Å². The highest BCUT2D eigenvalue weighted by molar-refractivity contribution is 6.09. The number of carbonyl (C=O) groups excluding carboxylic acids is 1. The van der Waals surface area contributed by atoms with Crippen LogP contribution < -0.4 is 4.74 Å². The van der Waals surface area contributed by atoms with E-state index in [0.29, 0.717) is 23.7 Å². The first kappa shape index (κ1) is 14.3. The Morgan fingerprint density at radius 2 is 1.45 bits per heavy atom. The molecule has 0 fully saturated rings. The van der Waals surface area contributed by atoms with Crippen LogP contribution in [0.15, 0.2) is 48.5 Å². The van der Waals surface area contributed by atoms with Crippen LogP contribution in [0.2, 0.25) is 0 Å². The summed E-state index contributed by atoms with van der Waals surface area (Å²) in [5.41, 5.74) is 2.55. The first-order valence-corrected chi connectivity index (χ1v) is 6.90. The van der Waals surface area contributed by atoms with Gasteiger partial charge in [0, 0.05) is 11.1 Å². The van der Waals surface area contributed by atoms with Gasteiger partial charge in [0.25, 0.3) is 0 Å². The Labute approximate surface area is 120 Å². The van der Waals surface area contributed by atoms with E-state index in [9.17, 15) is 4.79 Å². The van der Waals surface area contributed by atoms with Crippen molar-refractivity contribution in [2.24, 2.45) is 5.92 Å². The topological polar surface area (TPSA) is 26.3 Å². The highest BCUT2D eigenvalue weighted by atomic mass is 16.5. The first-order valence-electron chi connectivity index (χ1n) is 6.90. The fourth-order valence-corrected chi connectivity index (χ4v) is 1.84. The van der Waals surface area contributed by atoms with E-state index in [4.69, 9.17) is 4.74 Å². The van der Waals surface area contributed by atoms with Gasteiger partial charge < -0.3 is 4.74 Å². The van der Waals surface area contributed by atoms with Gasteiger partial charge in [-0.1, -0.05) is 43.7 Å². The third kappa shape index (κ3) is 3.70. The molecule has 0 N–H and O–H groups in total. The van der Waals surface area contributed by atoms with Crippen LogP contribution in [0.1, 0.15) is 35.3 Å². The average Bonchev–Trinajstić information content (AvgIpc) is 2.46. The van der Waals surface area contributed by atoms with Gasteiger partial charge in [-0.15, -0.1) is 0 Å². The first-order chi connectivity index (χ1) is 9.56. The Bertz CT molecular complexity index is 565. The van der Waals surface area contributed by atoms with Crippen LogP contribution in [0.3, 0.4) is 0 Å². The number of benzene rings is 2. The van der Waals surface area contributed by atoms with Gasteiger partial charge in [-0.2, -0.15) is 0 Å². The summed E-state index contributed by atoms with van der Waals surface area (Å²) in [6, 6.07) is 15.0. The molecular weight excluding hydrogens is 248 g/mol. The van der Waals surface area contributed by atoms with Crippen LogP contribution in [-0.4, -0.2) is 12.4 Å². The van der Waals surface area contributed by atoms with E-state index >= 15 is 0 Å². The van der Waals surface area contributed by atoms with Crippen LogP contribution in [0, 0.1) is 12.8 Å². The van der Waals surface area contributed by atoms with E-state index in [0.717, 1.165) is 11.3 Å². The number of aryl methyl sites for hydroxylation is 1. The number of carbonyl (C=O) groups is 1. The Morgan fingerprint density at radius 1 is 0.950 bits per heavy atom. The van der Waals surface area contributed by atoms with Crippen molar-refractivity contribution in [1.29, 1.82) is 0 Å². The smallest absolute Gasteiger partial charge is 0.193 e. The van der Waals surface area contributed by atoms with Crippen LogP contribution in [-0.2, 0) is 0 Å². The lowest BCUT2D eigenvalue weighted by atomic mass is 10.0. The minimum Gasteiger partial charge on any atom is -0.493 e. The molecule has 20 heavy (non-hydrogen) atoms. The fraction of sp³-hybridized carbons (Fsp3) is 0.278. The van der Waals surface area contributed by atoms with Crippen molar-refractivity contribution >= 4 is 5.78 Å². The minimum absolute atomic E-state index is 0.0420. The molecule has 0 spiro atoms. The summed E-state index contributed by atoms with van der Waals surface area (Å²) in [7, 11) is 0. The van der Waals surface area contributed by atoms with Crippen molar-refractivity contribution in [1.82, 2.24) is 0 Å². The molecule has 104 valence electrons. The lowest BCUT2D eigenvalue weighted by Gasteiger charge is -2.09. The van der Waals surface area contributed by atoms with Crippen LogP contribution >= 0.6 is 0 Å². The summed E-state index contributed by atoms with van der Waals surface area (Å²) in [5, 5.41) is 0. The van der Waals surface area contributed by atoms with Crippen molar-refractivity contribution in [2.45, 2.75) is 20.8 Å². The number of rotatable bonds is 5. The normalized spacial score (nSPS) is 10.6. The van der Waals surface area contributed by atoms with Crippen molar-refractivity contribution in [3.8, 4) is 5.75 Å². The Kier molecular flexibility index (Phi) is 4.57. The monoisotopic (exact) mass is 268 g/mol. The Hall–Kier alpha value is -2.09. The Morgan fingerprint density at radius 3 is 1.95 bits per heavy atom. The maximum Gasteiger partial charge on any atom is 0.193 e. The van der Waals surface area contributed by atoms with Gasteiger partial charge in [0.15, 0.2) is 5.78 Å². The molecule has 0 aliphatic rings. The van der Waals surface area contributed by atoms with Gasteiger partial charge in [-0.25, -0.2) is 0 Å². The maximum absolute atomic E-state index is 12.3. The van der Waals surface area contributed by atoms with Gasteiger partial charge in [0.05, 0.1) is 6.61 Å². The van der Waals surface area contributed by atoms with E-state index in [2.05, 4.69) is 13.8 Å². The number of ether oxygens (including phenoxy) is 1.